The van der Waals surface area contributed by atoms with Crippen LogP contribution in [0.15, 0.2) is 10.5 Å². The second-order valence-corrected chi connectivity index (χ2v) is 6.63. The van der Waals surface area contributed by atoms with Gasteiger partial charge in [0.1, 0.15) is 11.5 Å². The maximum Gasteiger partial charge on any atom is 0.257 e. The molecule has 0 aromatic carbocycles. The molecule has 1 N–H and O–H groups in total. The molecule has 0 radical (unpaired) electrons. The second-order valence-electron chi connectivity index (χ2n) is 6.63. The van der Waals surface area contributed by atoms with Crippen molar-refractivity contribution in [3.63, 3.8) is 0 Å². The van der Waals surface area contributed by atoms with E-state index in [1.807, 2.05) is 13.8 Å². The average Bonchev–Trinajstić information content (AvgIpc) is 2.92. The number of unbranched alkanes of at least 4 members (excludes halogenated alkanes) is 4. The molecule has 1 aromatic rings. The van der Waals surface area contributed by atoms with Crippen LogP contribution in [0.2, 0.25) is 0 Å². The van der Waals surface area contributed by atoms with Crippen LogP contribution in [0.25, 0.3) is 0 Å². The number of nitrogens with zero attached hydrogens (tertiary/aromatic N) is 1. The topological polar surface area (TPSA) is 62.6 Å². The van der Waals surface area contributed by atoms with Crippen LogP contribution >= 0.6 is 0 Å². The summed E-state index contributed by atoms with van der Waals surface area (Å²) >= 11 is 0. The summed E-state index contributed by atoms with van der Waals surface area (Å²) in [5.41, 5.74) is 0.611. The molecular formula is C20H34N2O3. The standard InChI is InChI=1S/C20H34N2O3/c1-5-7-9-10-13-22(14-11-19(23)21-12-8-6-2)20(24)18-15-16(3)25-17(18)4/h15H,5-14H2,1-4H3,(H,21,23). The molecule has 0 fully saturated rings. The minimum absolute atomic E-state index is 0.0138. The highest BCUT2D eigenvalue weighted by Gasteiger charge is 2.20. The summed E-state index contributed by atoms with van der Waals surface area (Å²) in [6.07, 6.45) is 6.79. The predicted octanol–water partition coefficient (Wildman–Crippen LogP) is 4.23. The molecule has 1 rings (SSSR count). The van der Waals surface area contributed by atoms with E-state index >= 15 is 0 Å². The summed E-state index contributed by atoms with van der Waals surface area (Å²) in [5, 5.41) is 2.91. The van der Waals surface area contributed by atoms with Crippen LogP contribution in [0.4, 0.5) is 0 Å². The minimum Gasteiger partial charge on any atom is -0.466 e. The molecule has 5 heteroatoms. The fourth-order valence-corrected chi connectivity index (χ4v) is 2.79. The summed E-state index contributed by atoms with van der Waals surface area (Å²) in [7, 11) is 0. The molecule has 0 aliphatic carbocycles. The van der Waals surface area contributed by atoms with Gasteiger partial charge < -0.3 is 14.6 Å². The highest BCUT2D eigenvalue weighted by molar-refractivity contribution is 5.95. The third-order valence-corrected chi connectivity index (χ3v) is 4.30. The number of hydrogen-bond acceptors (Lipinski definition) is 3. The highest BCUT2D eigenvalue weighted by atomic mass is 16.3. The second kappa shape index (κ2) is 11.7. The smallest absolute Gasteiger partial charge is 0.257 e. The van der Waals surface area contributed by atoms with Gasteiger partial charge in [-0.05, 0) is 32.8 Å². The fourth-order valence-electron chi connectivity index (χ4n) is 2.79. The van der Waals surface area contributed by atoms with Crippen LogP contribution in [0.5, 0.6) is 0 Å². The van der Waals surface area contributed by atoms with Gasteiger partial charge in [-0.3, -0.25) is 9.59 Å². The quantitative estimate of drug-likeness (QED) is 0.574. The molecule has 1 heterocycles. The van der Waals surface area contributed by atoms with E-state index in [2.05, 4.69) is 19.2 Å². The summed E-state index contributed by atoms with van der Waals surface area (Å²) in [4.78, 5) is 26.6. The van der Waals surface area contributed by atoms with Crippen LogP contribution in [0, 0.1) is 13.8 Å². The molecule has 0 unspecified atom stereocenters. The van der Waals surface area contributed by atoms with Gasteiger partial charge in [-0.15, -0.1) is 0 Å². The van der Waals surface area contributed by atoms with Crippen molar-refractivity contribution >= 4 is 11.8 Å². The number of carbonyl (C=O) groups excluding carboxylic acids is 2. The summed E-state index contributed by atoms with van der Waals surface area (Å²) in [6, 6.07) is 1.79. The van der Waals surface area contributed by atoms with Crippen molar-refractivity contribution in [3.05, 3.63) is 23.2 Å². The molecule has 0 aliphatic rings. The van der Waals surface area contributed by atoms with Crippen LogP contribution in [0.1, 0.15) is 80.7 Å². The molecule has 5 nitrogen and oxygen atoms in total. The Morgan fingerprint density at radius 2 is 1.76 bits per heavy atom. The molecular weight excluding hydrogens is 316 g/mol. The number of aryl methyl sites for hydroxylation is 2. The molecule has 0 spiro atoms. The van der Waals surface area contributed by atoms with Crippen molar-refractivity contribution in [2.24, 2.45) is 0 Å². The SMILES string of the molecule is CCCCCCN(CCC(=O)NCCCC)C(=O)c1cc(C)oc1C. The Morgan fingerprint density at radius 1 is 1.04 bits per heavy atom. The molecule has 0 saturated heterocycles. The first-order valence-corrected chi connectivity index (χ1v) is 9.62. The lowest BCUT2D eigenvalue weighted by atomic mass is 10.1. The van der Waals surface area contributed by atoms with Gasteiger partial charge in [0.25, 0.3) is 5.91 Å². The molecule has 1 aromatic heterocycles. The van der Waals surface area contributed by atoms with E-state index in [9.17, 15) is 9.59 Å². The maximum absolute atomic E-state index is 12.8. The Kier molecular flexibility index (Phi) is 9.97. The summed E-state index contributed by atoms with van der Waals surface area (Å²) in [5.74, 6) is 1.37. The Balaban J connectivity index is 2.63. The van der Waals surface area contributed by atoms with Gasteiger partial charge in [0.15, 0.2) is 0 Å². The van der Waals surface area contributed by atoms with Gasteiger partial charge in [-0.1, -0.05) is 39.5 Å². The van der Waals surface area contributed by atoms with E-state index in [0.717, 1.165) is 37.9 Å². The lowest BCUT2D eigenvalue weighted by Gasteiger charge is -2.22. The van der Waals surface area contributed by atoms with Gasteiger partial charge in [0, 0.05) is 26.1 Å². The highest BCUT2D eigenvalue weighted by Crippen LogP contribution is 2.17. The Hall–Kier alpha value is -1.78. The molecule has 0 aliphatic heterocycles. The lowest BCUT2D eigenvalue weighted by Crippen LogP contribution is -2.36. The van der Waals surface area contributed by atoms with Crippen molar-refractivity contribution in [3.8, 4) is 0 Å². The Morgan fingerprint density at radius 3 is 2.36 bits per heavy atom. The first kappa shape index (κ1) is 21.3. The van der Waals surface area contributed by atoms with Crippen molar-refractivity contribution in [1.82, 2.24) is 10.2 Å². The van der Waals surface area contributed by atoms with E-state index in [4.69, 9.17) is 4.42 Å². The zero-order valence-electron chi connectivity index (χ0n) is 16.3. The molecule has 0 atom stereocenters. The van der Waals surface area contributed by atoms with Gasteiger partial charge in [0.05, 0.1) is 5.56 Å². The monoisotopic (exact) mass is 350 g/mol. The third kappa shape index (κ3) is 7.76. The number of furan rings is 1. The van der Waals surface area contributed by atoms with E-state index < -0.39 is 0 Å². The number of rotatable bonds is 12. The van der Waals surface area contributed by atoms with Gasteiger partial charge in [0.2, 0.25) is 5.91 Å². The van der Waals surface area contributed by atoms with E-state index in [-0.39, 0.29) is 11.8 Å². The van der Waals surface area contributed by atoms with Gasteiger partial charge in [-0.2, -0.15) is 0 Å². The number of amides is 2. The van der Waals surface area contributed by atoms with E-state index in [0.29, 0.717) is 37.4 Å². The van der Waals surface area contributed by atoms with E-state index in [1.165, 1.54) is 6.42 Å². The van der Waals surface area contributed by atoms with Crippen molar-refractivity contribution in [1.29, 1.82) is 0 Å². The largest absolute Gasteiger partial charge is 0.466 e. The van der Waals surface area contributed by atoms with Crippen molar-refractivity contribution < 1.29 is 14.0 Å². The summed E-state index contributed by atoms with van der Waals surface area (Å²) < 4.78 is 5.49. The normalized spacial score (nSPS) is 10.7. The molecule has 142 valence electrons. The zero-order valence-corrected chi connectivity index (χ0v) is 16.3. The number of nitrogens with one attached hydrogen (secondary N) is 1. The predicted molar refractivity (Wildman–Crippen MR) is 101 cm³/mol. The summed E-state index contributed by atoms with van der Waals surface area (Å²) in [6.45, 7) is 9.76. The average molecular weight is 351 g/mol. The minimum atomic E-state index is -0.0350. The first-order chi connectivity index (χ1) is 12.0. The third-order valence-electron chi connectivity index (χ3n) is 4.30. The van der Waals surface area contributed by atoms with Crippen LogP contribution in [0.3, 0.4) is 0 Å². The Labute approximate surface area is 152 Å². The number of carbonyl (C=O) groups is 2. The number of hydrogen-bond donors (Lipinski definition) is 1. The molecule has 0 saturated carbocycles. The molecule has 25 heavy (non-hydrogen) atoms. The lowest BCUT2D eigenvalue weighted by molar-refractivity contribution is -0.121. The molecule has 2 amide bonds. The Bertz CT molecular complexity index is 537. The maximum atomic E-state index is 12.8. The fraction of sp³-hybridized carbons (Fsp3) is 0.700. The van der Waals surface area contributed by atoms with Gasteiger partial charge >= 0.3 is 0 Å². The van der Waals surface area contributed by atoms with Crippen LogP contribution in [-0.4, -0.2) is 36.3 Å². The van der Waals surface area contributed by atoms with Crippen molar-refractivity contribution in [2.75, 3.05) is 19.6 Å². The molecule has 0 bridgehead atoms. The first-order valence-electron chi connectivity index (χ1n) is 9.62. The zero-order chi connectivity index (χ0) is 18.7. The van der Waals surface area contributed by atoms with E-state index in [1.54, 1.807) is 11.0 Å². The van der Waals surface area contributed by atoms with Crippen molar-refractivity contribution in [2.45, 2.75) is 72.6 Å². The van der Waals surface area contributed by atoms with Crippen LogP contribution in [-0.2, 0) is 4.79 Å². The van der Waals surface area contributed by atoms with Gasteiger partial charge in [-0.25, -0.2) is 0 Å². The van der Waals surface area contributed by atoms with Crippen LogP contribution < -0.4 is 5.32 Å².